The van der Waals surface area contributed by atoms with Crippen molar-refractivity contribution in [3.05, 3.63) is 51.1 Å². The summed E-state index contributed by atoms with van der Waals surface area (Å²) in [6, 6.07) is 4.83. The molecule has 6 nitrogen and oxygen atoms in total. The summed E-state index contributed by atoms with van der Waals surface area (Å²) in [5.41, 5.74) is 0.655. The molecule has 1 aromatic heterocycles. The van der Waals surface area contributed by atoms with E-state index in [4.69, 9.17) is 0 Å². The quantitative estimate of drug-likeness (QED) is 0.517. The van der Waals surface area contributed by atoms with E-state index in [9.17, 15) is 22.9 Å². The summed E-state index contributed by atoms with van der Waals surface area (Å²) in [7, 11) is -3.43. The van der Waals surface area contributed by atoms with Gasteiger partial charge in [0, 0.05) is 24.2 Å². The third kappa shape index (κ3) is 3.76. The van der Waals surface area contributed by atoms with Crippen molar-refractivity contribution >= 4 is 31.9 Å². The summed E-state index contributed by atoms with van der Waals surface area (Å²) in [6.45, 7) is 0.161. The number of benzene rings is 1. The van der Waals surface area contributed by atoms with Crippen LogP contribution in [0.25, 0.3) is 0 Å². The average molecular weight is 330 g/mol. The van der Waals surface area contributed by atoms with Gasteiger partial charge in [0.05, 0.1) is 15.5 Å². The third-order valence-electron chi connectivity index (χ3n) is 2.67. The zero-order valence-electron chi connectivity index (χ0n) is 10.9. The summed E-state index contributed by atoms with van der Waals surface area (Å²) in [5, 5.41) is 14.9. The van der Waals surface area contributed by atoms with Crippen molar-refractivity contribution in [3.63, 3.8) is 0 Å². The van der Waals surface area contributed by atoms with E-state index in [-0.39, 0.29) is 22.1 Å². The minimum atomic E-state index is -3.43. The van der Waals surface area contributed by atoms with Crippen LogP contribution in [-0.4, -0.2) is 19.6 Å². The van der Waals surface area contributed by atoms with Crippen LogP contribution < -0.4 is 5.32 Å². The number of hydrogen-bond donors (Lipinski definition) is 1. The zero-order valence-corrected chi connectivity index (χ0v) is 12.5. The molecular formula is C12H11FN2O4S2. The molecule has 0 bridgehead atoms. The van der Waals surface area contributed by atoms with Gasteiger partial charge in [-0.2, -0.15) is 0 Å². The van der Waals surface area contributed by atoms with Gasteiger partial charge in [-0.15, -0.1) is 0 Å². The van der Waals surface area contributed by atoms with Crippen molar-refractivity contribution in [1.29, 1.82) is 0 Å². The fourth-order valence-electron chi connectivity index (χ4n) is 1.62. The molecule has 112 valence electrons. The van der Waals surface area contributed by atoms with Gasteiger partial charge in [0.15, 0.2) is 9.84 Å². The molecule has 1 heterocycles. The fraction of sp³-hybridized carbons (Fsp3) is 0.167. The first-order chi connectivity index (χ1) is 9.77. The van der Waals surface area contributed by atoms with Gasteiger partial charge in [-0.05, 0) is 23.8 Å². The first-order valence-electron chi connectivity index (χ1n) is 5.72. The minimum Gasteiger partial charge on any atom is -0.379 e. The second-order valence-corrected chi connectivity index (χ2v) is 7.22. The van der Waals surface area contributed by atoms with Crippen LogP contribution in [0.1, 0.15) is 5.56 Å². The summed E-state index contributed by atoms with van der Waals surface area (Å²) in [5.74, 6) is -0.591. The molecule has 0 saturated carbocycles. The van der Waals surface area contributed by atoms with Gasteiger partial charge in [0.2, 0.25) is 0 Å². The molecule has 0 aliphatic carbocycles. The third-order valence-corrected chi connectivity index (χ3v) is 4.71. The highest BCUT2D eigenvalue weighted by molar-refractivity contribution is 7.90. The molecule has 0 saturated heterocycles. The summed E-state index contributed by atoms with van der Waals surface area (Å²) >= 11 is 0.976. The molecule has 2 aromatic rings. The molecule has 0 aliphatic rings. The Morgan fingerprint density at radius 2 is 2.10 bits per heavy atom. The molecule has 9 heteroatoms. The van der Waals surface area contributed by atoms with E-state index in [1.807, 2.05) is 0 Å². The van der Waals surface area contributed by atoms with Crippen molar-refractivity contribution < 1.29 is 17.7 Å². The van der Waals surface area contributed by atoms with E-state index in [1.54, 1.807) is 5.38 Å². The molecule has 0 atom stereocenters. The first-order valence-corrected chi connectivity index (χ1v) is 8.50. The molecule has 0 aliphatic heterocycles. The maximum atomic E-state index is 13.6. The van der Waals surface area contributed by atoms with Crippen LogP contribution in [0.5, 0.6) is 0 Å². The van der Waals surface area contributed by atoms with Gasteiger partial charge in [0.25, 0.3) is 0 Å². The molecule has 1 N–H and O–H groups in total. The lowest BCUT2D eigenvalue weighted by molar-refractivity contribution is -0.380. The van der Waals surface area contributed by atoms with Crippen LogP contribution in [-0.2, 0) is 16.4 Å². The second kappa shape index (κ2) is 5.78. The van der Waals surface area contributed by atoms with Crippen molar-refractivity contribution in [1.82, 2.24) is 0 Å². The summed E-state index contributed by atoms with van der Waals surface area (Å²) in [4.78, 5) is 10.1. The number of anilines is 1. The zero-order chi connectivity index (χ0) is 15.6. The van der Waals surface area contributed by atoms with Gasteiger partial charge < -0.3 is 5.32 Å². The normalized spacial score (nSPS) is 11.3. The highest BCUT2D eigenvalue weighted by atomic mass is 32.2. The lowest BCUT2D eigenvalue weighted by Gasteiger charge is -2.08. The predicted molar refractivity (Wildman–Crippen MR) is 77.8 cm³/mol. The Hall–Kier alpha value is -2.00. The number of hydrogen-bond acceptors (Lipinski definition) is 6. The first kappa shape index (κ1) is 15.4. The summed E-state index contributed by atoms with van der Waals surface area (Å²) in [6.07, 6.45) is 1.03. The van der Waals surface area contributed by atoms with Crippen molar-refractivity contribution in [2.75, 3.05) is 11.6 Å². The van der Waals surface area contributed by atoms with E-state index in [0.29, 0.717) is 5.56 Å². The van der Waals surface area contributed by atoms with Crippen LogP contribution in [0.3, 0.4) is 0 Å². The Morgan fingerprint density at radius 3 is 2.67 bits per heavy atom. The average Bonchev–Trinajstić information content (AvgIpc) is 2.85. The Bertz CT molecular complexity index is 786. The topological polar surface area (TPSA) is 89.3 Å². The standard InChI is InChI=1S/C12H11FN2O4S2/c1-21(18,19)9-2-3-10(13)11(5-9)14-6-8-4-12(15(16)17)20-7-8/h2-5,7,14H,6H2,1H3. The number of nitro groups is 1. The molecule has 0 radical (unpaired) electrons. The molecule has 21 heavy (non-hydrogen) atoms. The summed E-state index contributed by atoms with van der Waals surface area (Å²) < 4.78 is 36.5. The molecule has 0 amide bonds. The van der Waals surface area contributed by atoms with Gasteiger partial charge in [-0.25, -0.2) is 12.8 Å². The number of thiophene rings is 1. The number of nitrogens with one attached hydrogen (secondary N) is 1. The predicted octanol–water partition coefficient (Wildman–Crippen LogP) is 2.81. The Kier molecular flexibility index (Phi) is 4.24. The highest BCUT2D eigenvalue weighted by Gasteiger charge is 2.12. The number of rotatable bonds is 5. The molecule has 1 aromatic carbocycles. The van der Waals surface area contributed by atoms with E-state index in [2.05, 4.69) is 5.32 Å². The van der Waals surface area contributed by atoms with E-state index < -0.39 is 20.6 Å². The largest absolute Gasteiger partial charge is 0.379 e. The van der Waals surface area contributed by atoms with Crippen LogP contribution in [0.2, 0.25) is 0 Å². The molecule has 0 fully saturated rings. The van der Waals surface area contributed by atoms with E-state index in [1.165, 1.54) is 18.2 Å². The maximum Gasteiger partial charge on any atom is 0.324 e. The minimum absolute atomic E-state index is 0.00250. The molecule has 0 spiro atoms. The van der Waals surface area contributed by atoms with Crippen molar-refractivity contribution in [2.45, 2.75) is 11.4 Å². The Morgan fingerprint density at radius 1 is 1.38 bits per heavy atom. The van der Waals surface area contributed by atoms with Gasteiger partial charge in [-0.1, -0.05) is 11.3 Å². The smallest absolute Gasteiger partial charge is 0.324 e. The molecule has 2 rings (SSSR count). The van der Waals surface area contributed by atoms with Crippen molar-refractivity contribution in [3.8, 4) is 0 Å². The lowest BCUT2D eigenvalue weighted by Crippen LogP contribution is -2.03. The fourth-order valence-corrected chi connectivity index (χ4v) is 3.00. The van der Waals surface area contributed by atoms with Crippen molar-refractivity contribution in [2.24, 2.45) is 0 Å². The van der Waals surface area contributed by atoms with Gasteiger partial charge >= 0.3 is 5.00 Å². The number of halogens is 1. The molecular weight excluding hydrogens is 319 g/mol. The Labute approximate surface area is 124 Å². The lowest BCUT2D eigenvalue weighted by atomic mass is 10.2. The van der Waals surface area contributed by atoms with Crippen LogP contribution in [0.15, 0.2) is 34.5 Å². The van der Waals surface area contributed by atoms with E-state index >= 15 is 0 Å². The molecule has 0 unspecified atom stereocenters. The maximum absolute atomic E-state index is 13.6. The monoisotopic (exact) mass is 330 g/mol. The van der Waals surface area contributed by atoms with Crippen LogP contribution >= 0.6 is 11.3 Å². The highest BCUT2D eigenvalue weighted by Crippen LogP contribution is 2.24. The number of sulfone groups is 1. The van der Waals surface area contributed by atoms with Gasteiger partial charge in [-0.3, -0.25) is 10.1 Å². The van der Waals surface area contributed by atoms with Crippen LogP contribution in [0, 0.1) is 15.9 Å². The Balaban J connectivity index is 2.17. The van der Waals surface area contributed by atoms with Crippen LogP contribution in [0.4, 0.5) is 15.1 Å². The van der Waals surface area contributed by atoms with Gasteiger partial charge in [0.1, 0.15) is 5.82 Å². The SMILES string of the molecule is CS(=O)(=O)c1ccc(F)c(NCc2csc([N+](=O)[O-])c2)c1. The van der Waals surface area contributed by atoms with E-state index in [0.717, 1.165) is 23.7 Å². The second-order valence-electron chi connectivity index (χ2n) is 4.32. The number of nitrogens with zero attached hydrogens (tertiary/aromatic N) is 1.